The topological polar surface area (TPSA) is 37.3 Å². The molecular weight excluding hydrogens is 176 g/mol. The van der Waals surface area contributed by atoms with Crippen LogP contribution in [0.2, 0.25) is 0 Å². The van der Waals surface area contributed by atoms with Gasteiger partial charge in [0, 0.05) is 0 Å². The van der Waals surface area contributed by atoms with Crippen molar-refractivity contribution >= 4 is 5.97 Å². The number of carboxylic acids is 1. The van der Waals surface area contributed by atoms with Gasteiger partial charge in [0.05, 0.1) is 5.92 Å². The van der Waals surface area contributed by atoms with E-state index in [2.05, 4.69) is 0 Å². The van der Waals surface area contributed by atoms with Crippen LogP contribution in [0.3, 0.4) is 0 Å². The first-order chi connectivity index (χ1) is 6.79. The molecule has 1 aliphatic rings. The van der Waals surface area contributed by atoms with Gasteiger partial charge >= 0.3 is 5.97 Å². The molecule has 2 nitrogen and oxygen atoms in total. The van der Waals surface area contributed by atoms with E-state index in [0.717, 1.165) is 19.3 Å². The summed E-state index contributed by atoms with van der Waals surface area (Å²) in [7, 11) is 0. The van der Waals surface area contributed by atoms with Crippen molar-refractivity contribution in [3.05, 3.63) is 35.9 Å². The van der Waals surface area contributed by atoms with Crippen molar-refractivity contribution in [1.29, 1.82) is 0 Å². The molecule has 2 heteroatoms. The molecular formula is C12H14O2. The van der Waals surface area contributed by atoms with E-state index >= 15 is 0 Å². The summed E-state index contributed by atoms with van der Waals surface area (Å²) in [5.41, 5.74) is 1.18. The minimum atomic E-state index is -0.642. The first kappa shape index (κ1) is 9.25. The predicted molar refractivity (Wildman–Crippen MR) is 54.2 cm³/mol. The Morgan fingerprint density at radius 2 is 1.93 bits per heavy atom. The molecule has 2 atom stereocenters. The van der Waals surface area contributed by atoms with Gasteiger partial charge in [0.25, 0.3) is 0 Å². The summed E-state index contributed by atoms with van der Waals surface area (Å²) in [5.74, 6) is -0.581. The lowest BCUT2D eigenvalue weighted by Crippen LogP contribution is -2.16. The maximum Gasteiger partial charge on any atom is 0.307 e. The van der Waals surface area contributed by atoms with Crippen LogP contribution in [-0.2, 0) is 4.79 Å². The summed E-state index contributed by atoms with van der Waals surface area (Å²) in [6, 6.07) is 9.99. The molecule has 0 saturated heterocycles. The van der Waals surface area contributed by atoms with Gasteiger partial charge in [-0.1, -0.05) is 36.8 Å². The Labute approximate surface area is 83.6 Å². The highest BCUT2D eigenvalue weighted by atomic mass is 16.4. The molecule has 0 bridgehead atoms. The maximum atomic E-state index is 11.0. The molecule has 0 aliphatic heterocycles. The summed E-state index contributed by atoms with van der Waals surface area (Å²) in [4.78, 5) is 11.0. The lowest BCUT2D eigenvalue weighted by atomic mass is 9.89. The van der Waals surface area contributed by atoms with Crippen molar-refractivity contribution in [2.24, 2.45) is 5.92 Å². The Morgan fingerprint density at radius 1 is 1.21 bits per heavy atom. The third-order valence-corrected chi connectivity index (χ3v) is 3.06. The van der Waals surface area contributed by atoms with E-state index in [4.69, 9.17) is 5.11 Å². The van der Waals surface area contributed by atoms with E-state index in [9.17, 15) is 4.79 Å². The fraction of sp³-hybridized carbons (Fsp3) is 0.417. The zero-order chi connectivity index (χ0) is 9.97. The summed E-state index contributed by atoms with van der Waals surface area (Å²) >= 11 is 0. The summed E-state index contributed by atoms with van der Waals surface area (Å²) in [6.45, 7) is 0. The quantitative estimate of drug-likeness (QED) is 0.778. The van der Waals surface area contributed by atoms with Crippen LogP contribution in [0, 0.1) is 5.92 Å². The molecule has 0 heterocycles. The molecule has 0 spiro atoms. The first-order valence-corrected chi connectivity index (χ1v) is 5.07. The second-order valence-electron chi connectivity index (χ2n) is 3.89. The molecule has 0 radical (unpaired) electrons. The van der Waals surface area contributed by atoms with Crippen molar-refractivity contribution in [2.45, 2.75) is 25.2 Å². The van der Waals surface area contributed by atoms with Crippen molar-refractivity contribution < 1.29 is 9.90 Å². The smallest absolute Gasteiger partial charge is 0.307 e. The monoisotopic (exact) mass is 190 g/mol. The van der Waals surface area contributed by atoms with Gasteiger partial charge in [-0.3, -0.25) is 4.79 Å². The number of carboxylic acid groups (broad SMARTS) is 1. The Morgan fingerprint density at radius 3 is 2.57 bits per heavy atom. The number of benzene rings is 1. The van der Waals surface area contributed by atoms with E-state index in [-0.39, 0.29) is 11.8 Å². The molecule has 1 aromatic carbocycles. The maximum absolute atomic E-state index is 11.0. The molecule has 1 aliphatic carbocycles. The Bertz CT molecular complexity index is 318. The normalized spacial score (nSPS) is 26.3. The Balaban J connectivity index is 2.22. The van der Waals surface area contributed by atoms with Crippen LogP contribution in [0.4, 0.5) is 0 Å². The van der Waals surface area contributed by atoms with Crippen LogP contribution in [0.25, 0.3) is 0 Å². The van der Waals surface area contributed by atoms with Gasteiger partial charge in [0.15, 0.2) is 0 Å². The van der Waals surface area contributed by atoms with Gasteiger partial charge in [-0.15, -0.1) is 0 Å². The number of aliphatic carboxylic acids is 1. The Kier molecular flexibility index (Phi) is 2.53. The second kappa shape index (κ2) is 3.82. The molecule has 1 fully saturated rings. The van der Waals surface area contributed by atoms with Gasteiger partial charge in [0.2, 0.25) is 0 Å². The van der Waals surface area contributed by atoms with Gasteiger partial charge < -0.3 is 5.11 Å². The first-order valence-electron chi connectivity index (χ1n) is 5.07. The largest absolute Gasteiger partial charge is 0.481 e. The minimum Gasteiger partial charge on any atom is -0.481 e. The van der Waals surface area contributed by atoms with Crippen LogP contribution >= 0.6 is 0 Å². The molecule has 74 valence electrons. The number of carbonyl (C=O) groups is 1. The third kappa shape index (κ3) is 1.65. The summed E-state index contributed by atoms with van der Waals surface area (Å²) in [5, 5.41) is 9.04. The van der Waals surface area contributed by atoms with Crippen LogP contribution in [0.5, 0.6) is 0 Å². The van der Waals surface area contributed by atoms with E-state index < -0.39 is 5.97 Å². The predicted octanol–water partition coefficient (Wildman–Crippen LogP) is 2.65. The lowest BCUT2D eigenvalue weighted by Gasteiger charge is -2.15. The molecule has 0 aromatic heterocycles. The average Bonchev–Trinajstić information content (AvgIpc) is 2.67. The van der Waals surface area contributed by atoms with Crippen molar-refractivity contribution in [3.8, 4) is 0 Å². The average molecular weight is 190 g/mol. The molecule has 1 N–H and O–H groups in total. The van der Waals surface area contributed by atoms with Gasteiger partial charge in [-0.2, -0.15) is 0 Å². The molecule has 1 unspecified atom stereocenters. The van der Waals surface area contributed by atoms with E-state index in [1.807, 2.05) is 30.3 Å². The third-order valence-electron chi connectivity index (χ3n) is 3.06. The highest BCUT2D eigenvalue weighted by molar-refractivity contribution is 5.71. The van der Waals surface area contributed by atoms with Gasteiger partial charge in [-0.05, 0) is 24.3 Å². The van der Waals surface area contributed by atoms with Crippen LogP contribution in [-0.4, -0.2) is 11.1 Å². The fourth-order valence-corrected chi connectivity index (χ4v) is 2.35. The highest BCUT2D eigenvalue weighted by Gasteiger charge is 2.33. The lowest BCUT2D eigenvalue weighted by molar-refractivity contribution is -0.142. The number of hydrogen-bond acceptors (Lipinski definition) is 1. The Hall–Kier alpha value is -1.31. The van der Waals surface area contributed by atoms with Crippen LogP contribution in [0.15, 0.2) is 30.3 Å². The van der Waals surface area contributed by atoms with E-state index in [1.54, 1.807) is 0 Å². The standard InChI is InChI=1S/C12H14O2/c13-12(14)11-8-4-7-10(11)9-5-2-1-3-6-9/h1-3,5-6,10-11H,4,7-8H2,(H,13,14)/t10-,11?/m0/s1. The minimum absolute atomic E-state index is 0.169. The fourth-order valence-electron chi connectivity index (χ4n) is 2.35. The van der Waals surface area contributed by atoms with Crippen molar-refractivity contribution in [3.63, 3.8) is 0 Å². The number of hydrogen-bond donors (Lipinski definition) is 1. The second-order valence-corrected chi connectivity index (χ2v) is 3.89. The van der Waals surface area contributed by atoms with Gasteiger partial charge in [0.1, 0.15) is 0 Å². The van der Waals surface area contributed by atoms with Crippen LogP contribution < -0.4 is 0 Å². The SMILES string of the molecule is O=C(O)C1CCC[C@H]1c1ccccc1. The zero-order valence-electron chi connectivity index (χ0n) is 8.02. The summed E-state index contributed by atoms with van der Waals surface area (Å²) in [6.07, 6.45) is 2.88. The molecule has 0 amide bonds. The number of rotatable bonds is 2. The highest BCUT2D eigenvalue weighted by Crippen LogP contribution is 2.39. The zero-order valence-corrected chi connectivity index (χ0v) is 8.02. The molecule has 1 saturated carbocycles. The van der Waals surface area contributed by atoms with Crippen molar-refractivity contribution in [2.75, 3.05) is 0 Å². The van der Waals surface area contributed by atoms with E-state index in [0.29, 0.717) is 0 Å². The van der Waals surface area contributed by atoms with Crippen molar-refractivity contribution in [1.82, 2.24) is 0 Å². The van der Waals surface area contributed by atoms with Gasteiger partial charge in [-0.25, -0.2) is 0 Å². The van der Waals surface area contributed by atoms with Crippen LogP contribution in [0.1, 0.15) is 30.7 Å². The summed E-state index contributed by atoms with van der Waals surface area (Å²) < 4.78 is 0. The van der Waals surface area contributed by atoms with E-state index in [1.165, 1.54) is 5.56 Å². The molecule has 1 aromatic rings. The molecule has 14 heavy (non-hydrogen) atoms. The molecule has 2 rings (SSSR count).